The van der Waals surface area contributed by atoms with Gasteiger partial charge in [0, 0.05) is 24.6 Å². The molecule has 0 aliphatic carbocycles. The quantitative estimate of drug-likeness (QED) is 0.867. The van der Waals surface area contributed by atoms with Crippen molar-refractivity contribution in [2.24, 2.45) is 0 Å². The lowest BCUT2D eigenvalue weighted by Gasteiger charge is -2.04. The van der Waals surface area contributed by atoms with E-state index in [2.05, 4.69) is 15.6 Å². The number of amides is 1. The van der Waals surface area contributed by atoms with Crippen molar-refractivity contribution in [2.45, 2.75) is 26.2 Å². The third-order valence-corrected chi connectivity index (χ3v) is 2.78. The summed E-state index contributed by atoms with van der Waals surface area (Å²) < 4.78 is 5.62. The van der Waals surface area contributed by atoms with E-state index in [9.17, 15) is 4.79 Å². The largest absolute Gasteiger partial charge is 0.440 e. The number of carbonyl (C=O) groups is 1. The van der Waals surface area contributed by atoms with Crippen LogP contribution in [0.3, 0.4) is 0 Å². The topological polar surface area (TPSA) is 67.2 Å². The fourth-order valence-electron chi connectivity index (χ4n) is 1.73. The monoisotopic (exact) mass is 261 g/mol. The molecule has 102 valence electrons. The van der Waals surface area contributed by atoms with Crippen LogP contribution in [0.2, 0.25) is 0 Å². The van der Waals surface area contributed by atoms with Gasteiger partial charge < -0.3 is 15.1 Å². The van der Waals surface area contributed by atoms with E-state index in [4.69, 9.17) is 4.42 Å². The molecule has 1 amide bonds. The van der Waals surface area contributed by atoms with Gasteiger partial charge in [-0.05, 0) is 25.2 Å². The van der Waals surface area contributed by atoms with E-state index in [0.29, 0.717) is 18.9 Å². The second kappa shape index (κ2) is 5.84. The normalized spacial score (nSPS) is 11.2. The van der Waals surface area contributed by atoms with Crippen molar-refractivity contribution in [1.29, 1.82) is 0 Å². The smallest absolute Gasteiger partial charge is 0.225 e. The highest BCUT2D eigenvalue weighted by molar-refractivity contribution is 5.92. The molecule has 0 radical (unpaired) electrons. The molecule has 0 fully saturated rings. The molecule has 0 bridgehead atoms. The fraction of sp³-hybridized carbons (Fsp3) is 0.429. The number of hydrogen-bond donors (Lipinski definition) is 2. The van der Waals surface area contributed by atoms with Gasteiger partial charge in [-0.25, -0.2) is 4.98 Å². The van der Waals surface area contributed by atoms with Crippen LogP contribution in [-0.4, -0.2) is 24.5 Å². The van der Waals surface area contributed by atoms with Gasteiger partial charge in [-0.3, -0.25) is 4.79 Å². The first-order valence-electron chi connectivity index (χ1n) is 6.45. The summed E-state index contributed by atoms with van der Waals surface area (Å²) in [6, 6.07) is 5.50. The molecule has 5 heteroatoms. The highest BCUT2D eigenvalue weighted by atomic mass is 16.3. The number of nitrogens with zero attached hydrogens (tertiary/aromatic N) is 1. The summed E-state index contributed by atoms with van der Waals surface area (Å²) >= 11 is 0. The lowest BCUT2D eigenvalue weighted by atomic mass is 10.2. The molecule has 19 heavy (non-hydrogen) atoms. The highest BCUT2D eigenvalue weighted by Gasteiger charge is 2.10. The number of carbonyl (C=O) groups excluding carboxylic acids is 1. The Morgan fingerprint density at radius 3 is 2.89 bits per heavy atom. The van der Waals surface area contributed by atoms with Crippen LogP contribution >= 0.6 is 0 Å². The second-order valence-electron chi connectivity index (χ2n) is 4.79. The van der Waals surface area contributed by atoms with Gasteiger partial charge in [0.05, 0.1) is 0 Å². The molecule has 0 saturated carbocycles. The Bertz CT molecular complexity index is 575. The van der Waals surface area contributed by atoms with Gasteiger partial charge in [0.1, 0.15) is 5.52 Å². The molecule has 0 saturated heterocycles. The molecule has 0 spiro atoms. The number of nitrogens with one attached hydrogen (secondary N) is 2. The van der Waals surface area contributed by atoms with Crippen LogP contribution in [0, 0.1) is 0 Å². The molecule has 2 N–H and O–H groups in total. The molecular formula is C14H19N3O2. The molecular weight excluding hydrogens is 242 g/mol. The maximum Gasteiger partial charge on any atom is 0.225 e. The van der Waals surface area contributed by atoms with Crippen LogP contribution in [0.1, 0.15) is 32.1 Å². The highest BCUT2D eigenvalue weighted by Crippen LogP contribution is 2.23. The van der Waals surface area contributed by atoms with Crippen LogP contribution < -0.4 is 10.6 Å². The average Bonchev–Trinajstić information content (AvgIpc) is 2.79. The van der Waals surface area contributed by atoms with Crippen molar-refractivity contribution >= 4 is 22.7 Å². The van der Waals surface area contributed by atoms with E-state index in [0.717, 1.165) is 16.8 Å². The zero-order chi connectivity index (χ0) is 13.8. The van der Waals surface area contributed by atoms with Gasteiger partial charge in [0.25, 0.3) is 0 Å². The number of fused-ring (bicyclic) bond motifs is 1. The van der Waals surface area contributed by atoms with Crippen LogP contribution in [0.15, 0.2) is 22.6 Å². The van der Waals surface area contributed by atoms with E-state index >= 15 is 0 Å². The Hall–Kier alpha value is -1.88. The molecule has 1 heterocycles. The molecule has 0 atom stereocenters. The Morgan fingerprint density at radius 1 is 1.42 bits per heavy atom. The first-order valence-corrected chi connectivity index (χ1v) is 6.45. The number of oxazole rings is 1. The maximum atomic E-state index is 11.6. The van der Waals surface area contributed by atoms with E-state index in [1.54, 1.807) is 0 Å². The van der Waals surface area contributed by atoms with Crippen molar-refractivity contribution < 1.29 is 9.21 Å². The van der Waals surface area contributed by atoms with E-state index in [1.807, 2.05) is 39.1 Å². The van der Waals surface area contributed by atoms with Gasteiger partial charge in [-0.15, -0.1) is 0 Å². The van der Waals surface area contributed by atoms with E-state index in [1.165, 1.54) is 0 Å². The molecule has 2 rings (SSSR count). The third-order valence-electron chi connectivity index (χ3n) is 2.78. The Morgan fingerprint density at radius 2 is 2.21 bits per heavy atom. The standard InChI is InChI=1S/C14H19N3O2/c1-9(2)14-17-11-8-10(4-5-12(11)19-14)16-13(18)6-7-15-3/h4-5,8-9,15H,6-7H2,1-3H3,(H,16,18). The summed E-state index contributed by atoms with van der Waals surface area (Å²) in [5.41, 5.74) is 2.27. The van der Waals surface area contributed by atoms with Crippen LogP contribution in [0.25, 0.3) is 11.1 Å². The van der Waals surface area contributed by atoms with Crippen molar-refractivity contribution in [3.63, 3.8) is 0 Å². The van der Waals surface area contributed by atoms with Crippen molar-refractivity contribution in [2.75, 3.05) is 18.9 Å². The Labute approximate surface area is 112 Å². The first kappa shape index (κ1) is 13.5. The van der Waals surface area contributed by atoms with Crippen molar-refractivity contribution in [3.8, 4) is 0 Å². The SMILES string of the molecule is CNCCC(=O)Nc1ccc2oc(C(C)C)nc2c1. The Kier molecular flexibility index (Phi) is 4.16. The first-order chi connectivity index (χ1) is 9.10. The van der Waals surface area contributed by atoms with Crippen LogP contribution in [0.5, 0.6) is 0 Å². The number of rotatable bonds is 5. The predicted molar refractivity (Wildman–Crippen MR) is 75.3 cm³/mol. The van der Waals surface area contributed by atoms with Crippen molar-refractivity contribution in [3.05, 3.63) is 24.1 Å². The zero-order valence-electron chi connectivity index (χ0n) is 11.5. The molecule has 0 aliphatic heterocycles. The molecule has 2 aromatic rings. The lowest BCUT2D eigenvalue weighted by molar-refractivity contribution is -0.116. The number of anilines is 1. The summed E-state index contributed by atoms with van der Waals surface area (Å²) in [4.78, 5) is 16.0. The fourth-order valence-corrected chi connectivity index (χ4v) is 1.73. The number of aromatic nitrogens is 1. The third kappa shape index (κ3) is 3.32. The summed E-state index contributed by atoms with van der Waals surface area (Å²) in [6.07, 6.45) is 0.449. The summed E-state index contributed by atoms with van der Waals surface area (Å²) in [7, 11) is 1.82. The summed E-state index contributed by atoms with van der Waals surface area (Å²) in [5, 5.41) is 5.79. The molecule has 1 aromatic carbocycles. The van der Waals surface area contributed by atoms with Gasteiger partial charge in [0.2, 0.25) is 5.91 Å². The number of benzene rings is 1. The predicted octanol–water partition coefficient (Wildman–Crippen LogP) is 2.50. The summed E-state index contributed by atoms with van der Waals surface area (Å²) in [6.45, 7) is 4.73. The van der Waals surface area contributed by atoms with Crippen LogP contribution in [-0.2, 0) is 4.79 Å². The summed E-state index contributed by atoms with van der Waals surface area (Å²) in [5.74, 6) is 0.955. The molecule has 0 unspecified atom stereocenters. The lowest BCUT2D eigenvalue weighted by Crippen LogP contribution is -2.18. The molecule has 5 nitrogen and oxygen atoms in total. The second-order valence-corrected chi connectivity index (χ2v) is 4.79. The van der Waals surface area contributed by atoms with Gasteiger partial charge in [-0.1, -0.05) is 13.8 Å². The van der Waals surface area contributed by atoms with Gasteiger partial charge in [-0.2, -0.15) is 0 Å². The minimum atomic E-state index is -0.0127. The number of hydrogen-bond acceptors (Lipinski definition) is 4. The van der Waals surface area contributed by atoms with Crippen LogP contribution in [0.4, 0.5) is 5.69 Å². The average molecular weight is 261 g/mol. The van der Waals surface area contributed by atoms with Gasteiger partial charge >= 0.3 is 0 Å². The van der Waals surface area contributed by atoms with Gasteiger partial charge in [0.15, 0.2) is 11.5 Å². The zero-order valence-corrected chi connectivity index (χ0v) is 11.5. The van der Waals surface area contributed by atoms with Crippen molar-refractivity contribution in [1.82, 2.24) is 10.3 Å². The molecule has 0 aliphatic rings. The minimum Gasteiger partial charge on any atom is -0.440 e. The Balaban J connectivity index is 2.14. The maximum absolute atomic E-state index is 11.6. The van der Waals surface area contributed by atoms with E-state index in [-0.39, 0.29) is 11.8 Å². The van der Waals surface area contributed by atoms with E-state index < -0.39 is 0 Å². The molecule has 1 aromatic heterocycles. The minimum absolute atomic E-state index is 0.0127.